The van der Waals surface area contributed by atoms with Crippen LogP contribution in [-0.2, 0) is 24.5 Å². The topological polar surface area (TPSA) is 110 Å². The molecule has 126 valence electrons. The molecule has 1 aromatic rings. The van der Waals surface area contributed by atoms with Crippen molar-refractivity contribution >= 4 is 35.0 Å². The lowest BCUT2D eigenvalue weighted by Crippen LogP contribution is -2.54. The molecule has 1 amide bonds. The van der Waals surface area contributed by atoms with Crippen LogP contribution >= 0.6 is 11.6 Å². The Balaban J connectivity index is 2.07. The third-order valence-electron chi connectivity index (χ3n) is 4.46. The molecule has 2 aliphatic rings. The van der Waals surface area contributed by atoms with Gasteiger partial charge in [-0.05, 0) is 24.1 Å². The summed E-state index contributed by atoms with van der Waals surface area (Å²) >= 11 is 5.96. The van der Waals surface area contributed by atoms with Crippen molar-refractivity contribution < 1.29 is 29.0 Å². The Bertz CT molecular complexity index is 753. The summed E-state index contributed by atoms with van der Waals surface area (Å²) in [5.41, 5.74) is -0.344. The number of halogens is 1. The molecule has 1 unspecified atom stereocenters. The fourth-order valence-electron chi connectivity index (χ4n) is 3.30. The SMILES string of the molecule is O=C(O)CNC(=O)C1C(=O)c2cc(Cl)ccc2[C@@]2(CCOC2)C1=O. The van der Waals surface area contributed by atoms with E-state index in [1.54, 1.807) is 12.1 Å². The van der Waals surface area contributed by atoms with Crippen LogP contribution in [0.1, 0.15) is 22.3 Å². The van der Waals surface area contributed by atoms with Crippen molar-refractivity contribution in [3.63, 3.8) is 0 Å². The van der Waals surface area contributed by atoms with E-state index in [0.29, 0.717) is 23.6 Å². The van der Waals surface area contributed by atoms with Gasteiger partial charge in [-0.2, -0.15) is 0 Å². The van der Waals surface area contributed by atoms with Gasteiger partial charge < -0.3 is 15.2 Å². The Morgan fingerprint density at radius 2 is 2.12 bits per heavy atom. The predicted molar refractivity (Wildman–Crippen MR) is 82.0 cm³/mol. The minimum Gasteiger partial charge on any atom is -0.480 e. The highest BCUT2D eigenvalue weighted by atomic mass is 35.5. The van der Waals surface area contributed by atoms with Crippen LogP contribution in [0.2, 0.25) is 5.02 Å². The molecule has 8 heteroatoms. The van der Waals surface area contributed by atoms with Crippen molar-refractivity contribution in [2.45, 2.75) is 11.8 Å². The van der Waals surface area contributed by atoms with Gasteiger partial charge in [0.1, 0.15) is 6.54 Å². The third kappa shape index (κ3) is 2.50. The minimum absolute atomic E-state index is 0.0798. The Kier molecular flexibility index (Phi) is 4.15. The summed E-state index contributed by atoms with van der Waals surface area (Å²) in [6, 6.07) is 4.64. The Morgan fingerprint density at radius 1 is 1.38 bits per heavy atom. The Labute approximate surface area is 141 Å². The lowest BCUT2D eigenvalue weighted by molar-refractivity contribution is -0.141. The van der Waals surface area contributed by atoms with E-state index < -0.39 is 41.3 Å². The maximum Gasteiger partial charge on any atom is 0.322 e. The molecule has 1 aliphatic carbocycles. The van der Waals surface area contributed by atoms with Gasteiger partial charge in [0.15, 0.2) is 17.5 Å². The van der Waals surface area contributed by atoms with Crippen molar-refractivity contribution in [2.24, 2.45) is 5.92 Å². The highest BCUT2D eigenvalue weighted by Crippen LogP contribution is 2.43. The number of carboxylic acids is 1. The van der Waals surface area contributed by atoms with E-state index in [9.17, 15) is 19.2 Å². The number of carbonyl (C=O) groups is 4. The second-order valence-electron chi connectivity index (χ2n) is 5.85. The molecule has 1 spiro atoms. The van der Waals surface area contributed by atoms with Gasteiger partial charge in [0.2, 0.25) is 5.91 Å². The van der Waals surface area contributed by atoms with E-state index in [1.165, 1.54) is 6.07 Å². The summed E-state index contributed by atoms with van der Waals surface area (Å²) in [6.07, 6.45) is 0.358. The van der Waals surface area contributed by atoms with Gasteiger partial charge in [0.25, 0.3) is 0 Å². The summed E-state index contributed by atoms with van der Waals surface area (Å²) in [5, 5.41) is 11.1. The Hall–Kier alpha value is -2.25. The fraction of sp³-hybridized carbons (Fsp3) is 0.375. The van der Waals surface area contributed by atoms with E-state index in [4.69, 9.17) is 21.4 Å². The van der Waals surface area contributed by atoms with Crippen LogP contribution < -0.4 is 5.32 Å². The normalized spacial score (nSPS) is 25.6. The minimum atomic E-state index is -1.59. The summed E-state index contributed by atoms with van der Waals surface area (Å²) in [5.74, 6) is -4.98. The van der Waals surface area contributed by atoms with E-state index in [-0.39, 0.29) is 12.2 Å². The zero-order valence-corrected chi connectivity index (χ0v) is 13.3. The first-order valence-corrected chi connectivity index (χ1v) is 7.70. The largest absolute Gasteiger partial charge is 0.480 e. The highest BCUT2D eigenvalue weighted by molar-refractivity contribution is 6.33. The maximum absolute atomic E-state index is 13.0. The summed E-state index contributed by atoms with van der Waals surface area (Å²) in [4.78, 5) is 48.5. The molecule has 24 heavy (non-hydrogen) atoms. The van der Waals surface area contributed by atoms with E-state index in [2.05, 4.69) is 5.32 Å². The van der Waals surface area contributed by atoms with E-state index in [0.717, 1.165) is 0 Å². The number of Topliss-reactive ketones (excluding diaryl/α,β-unsaturated/α-hetero) is 2. The number of ether oxygens (including phenoxy) is 1. The average molecular weight is 352 g/mol. The van der Waals surface area contributed by atoms with Crippen molar-refractivity contribution in [2.75, 3.05) is 19.8 Å². The second kappa shape index (κ2) is 5.99. The predicted octanol–water partition coefficient (Wildman–Crippen LogP) is 0.580. The molecule has 0 saturated carbocycles. The lowest BCUT2D eigenvalue weighted by Gasteiger charge is -2.35. The molecule has 2 N–H and O–H groups in total. The zero-order valence-electron chi connectivity index (χ0n) is 12.5. The first-order valence-electron chi connectivity index (χ1n) is 7.32. The quantitative estimate of drug-likeness (QED) is 0.771. The van der Waals surface area contributed by atoms with Crippen molar-refractivity contribution in [3.05, 3.63) is 34.3 Å². The van der Waals surface area contributed by atoms with E-state index in [1.807, 2.05) is 0 Å². The number of rotatable bonds is 3. The second-order valence-corrected chi connectivity index (χ2v) is 6.28. The summed E-state index contributed by atoms with van der Waals surface area (Å²) in [6.45, 7) is -0.246. The van der Waals surface area contributed by atoms with Gasteiger partial charge in [-0.3, -0.25) is 19.2 Å². The number of carbonyl (C=O) groups excluding carboxylic acids is 3. The van der Waals surface area contributed by atoms with Crippen LogP contribution in [0.3, 0.4) is 0 Å². The van der Waals surface area contributed by atoms with Crippen LogP contribution in [0.4, 0.5) is 0 Å². The van der Waals surface area contributed by atoms with Crippen LogP contribution in [0.5, 0.6) is 0 Å². The molecule has 1 saturated heterocycles. The molecule has 0 bridgehead atoms. The van der Waals surface area contributed by atoms with Gasteiger partial charge in [0, 0.05) is 17.2 Å². The monoisotopic (exact) mass is 351 g/mol. The molecule has 2 atom stereocenters. The fourth-order valence-corrected chi connectivity index (χ4v) is 3.47. The van der Waals surface area contributed by atoms with Crippen LogP contribution in [-0.4, -0.2) is 48.3 Å². The first-order chi connectivity index (χ1) is 11.4. The molecular weight excluding hydrogens is 338 g/mol. The smallest absolute Gasteiger partial charge is 0.322 e. The molecule has 1 aromatic carbocycles. The number of hydrogen-bond donors (Lipinski definition) is 2. The summed E-state index contributed by atoms with van der Waals surface area (Å²) < 4.78 is 5.37. The van der Waals surface area contributed by atoms with Crippen LogP contribution in [0.25, 0.3) is 0 Å². The lowest BCUT2D eigenvalue weighted by atomic mass is 9.64. The van der Waals surface area contributed by atoms with Crippen LogP contribution in [0, 0.1) is 5.92 Å². The number of fused-ring (bicyclic) bond motifs is 2. The third-order valence-corrected chi connectivity index (χ3v) is 4.69. The summed E-state index contributed by atoms with van der Waals surface area (Å²) in [7, 11) is 0. The van der Waals surface area contributed by atoms with Gasteiger partial charge >= 0.3 is 5.97 Å². The van der Waals surface area contributed by atoms with Gasteiger partial charge in [-0.1, -0.05) is 17.7 Å². The standard InChI is InChI=1S/C16H14ClNO6/c17-8-1-2-10-9(5-8)13(21)12(15(23)18-6-11(19)20)14(22)16(10)3-4-24-7-16/h1-2,5,12H,3-4,6-7H2,(H,18,23)(H,19,20)/t12?,16-/m0/s1. The molecule has 0 aromatic heterocycles. The number of aliphatic carboxylic acids is 1. The Morgan fingerprint density at radius 3 is 2.75 bits per heavy atom. The maximum atomic E-state index is 13.0. The zero-order chi connectivity index (χ0) is 17.5. The number of amides is 1. The molecule has 1 aliphatic heterocycles. The van der Waals surface area contributed by atoms with Crippen molar-refractivity contribution in [1.29, 1.82) is 0 Å². The number of carboxylic acid groups (broad SMARTS) is 1. The number of hydrogen-bond acceptors (Lipinski definition) is 5. The number of benzene rings is 1. The van der Waals surface area contributed by atoms with E-state index >= 15 is 0 Å². The average Bonchev–Trinajstić information content (AvgIpc) is 3.02. The highest BCUT2D eigenvalue weighted by Gasteiger charge is 2.55. The molecule has 0 radical (unpaired) electrons. The van der Waals surface area contributed by atoms with Gasteiger partial charge in [0.05, 0.1) is 12.0 Å². The molecule has 3 rings (SSSR count). The van der Waals surface area contributed by atoms with Gasteiger partial charge in [-0.25, -0.2) is 0 Å². The first kappa shape index (κ1) is 16.6. The molecular formula is C16H14ClNO6. The molecule has 7 nitrogen and oxygen atoms in total. The number of nitrogens with one attached hydrogen (secondary N) is 1. The molecule has 1 heterocycles. The van der Waals surface area contributed by atoms with Crippen LogP contribution in [0.15, 0.2) is 18.2 Å². The molecule has 1 fully saturated rings. The number of ketones is 2. The van der Waals surface area contributed by atoms with Gasteiger partial charge in [-0.15, -0.1) is 0 Å². The van der Waals surface area contributed by atoms with Crippen molar-refractivity contribution in [3.8, 4) is 0 Å². The van der Waals surface area contributed by atoms with Crippen molar-refractivity contribution in [1.82, 2.24) is 5.32 Å².